The van der Waals surface area contributed by atoms with Crippen molar-refractivity contribution in [2.75, 3.05) is 13.5 Å². The van der Waals surface area contributed by atoms with Crippen molar-refractivity contribution < 1.29 is 13.4 Å². The van der Waals surface area contributed by atoms with Crippen LogP contribution in [0.2, 0.25) is 0 Å². The summed E-state index contributed by atoms with van der Waals surface area (Å²) < 4.78 is 35.9. The Morgan fingerprint density at radius 3 is 2.63 bits per heavy atom. The standard InChI is InChI=1S/C14H22BNO2S/c1-13(2)14(3,4)18-15(17-13)12-8-10-9-16(5)7-6-11(10)19-12/h8H,6-7,9H2,1-5H3/i5D3. The highest BCUT2D eigenvalue weighted by Gasteiger charge is 2.52. The second-order valence-electron chi connectivity index (χ2n) is 6.36. The second kappa shape index (κ2) is 4.32. The molecule has 104 valence electrons. The summed E-state index contributed by atoms with van der Waals surface area (Å²) in [5, 5.41) is 0. The minimum Gasteiger partial charge on any atom is -0.399 e. The van der Waals surface area contributed by atoms with E-state index in [9.17, 15) is 0 Å². The van der Waals surface area contributed by atoms with Crippen molar-refractivity contribution in [1.29, 1.82) is 0 Å². The number of likely N-dealkylation sites (N-methyl/N-ethyl adjacent to an activating group) is 1. The summed E-state index contributed by atoms with van der Waals surface area (Å²) in [6.45, 7) is 7.18. The lowest BCUT2D eigenvalue weighted by Crippen LogP contribution is -2.41. The molecule has 0 aliphatic carbocycles. The molecule has 0 atom stereocenters. The van der Waals surface area contributed by atoms with E-state index in [4.69, 9.17) is 13.4 Å². The van der Waals surface area contributed by atoms with Crippen molar-refractivity contribution in [3.8, 4) is 0 Å². The molecule has 5 heteroatoms. The molecule has 1 saturated heterocycles. The Bertz CT molecular complexity index is 569. The van der Waals surface area contributed by atoms with Gasteiger partial charge in [-0.2, -0.15) is 0 Å². The third-order valence-electron chi connectivity index (χ3n) is 4.37. The summed E-state index contributed by atoms with van der Waals surface area (Å²) in [6.07, 6.45) is 0.776. The lowest BCUT2D eigenvalue weighted by atomic mass is 9.87. The fourth-order valence-corrected chi connectivity index (χ4v) is 3.56. The molecule has 0 amide bonds. The maximum atomic E-state index is 7.56. The van der Waals surface area contributed by atoms with Gasteiger partial charge in [-0.1, -0.05) is 0 Å². The number of fused-ring (bicyclic) bond motifs is 1. The van der Waals surface area contributed by atoms with Gasteiger partial charge in [0.15, 0.2) is 0 Å². The van der Waals surface area contributed by atoms with E-state index in [2.05, 4.69) is 6.07 Å². The minimum atomic E-state index is -2.02. The minimum absolute atomic E-state index is 0.354. The highest BCUT2D eigenvalue weighted by Crippen LogP contribution is 2.37. The number of nitrogens with zero attached hydrogens (tertiary/aromatic N) is 1. The van der Waals surface area contributed by atoms with Crippen molar-refractivity contribution in [2.24, 2.45) is 0 Å². The molecule has 0 radical (unpaired) electrons. The van der Waals surface area contributed by atoms with Crippen molar-refractivity contribution in [2.45, 2.75) is 51.9 Å². The smallest absolute Gasteiger partial charge is 0.399 e. The zero-order valence-corrected chi connectivity index (χ0v) is 12.8. The fraction of sp³-hybridized carbons (Fsp3) is 0.714. The maximum Gasteiger partial charge on any atom is 0.505 e. The van der Waals surface area contributed by atoms with Crippen molar-refractivity contribution >= 4 is 23.2 Å². The number of rotatable bonds is 1. The molecule has 0 spiro atoms. The Kier molecular flexibility index (Phi) is 2.36. The molecule has 1 fully saturated rings. The SMILES string of the molecule is [2H]C([2H])([2H])N1CCc2sc(B3OC(C)(C)C(C)(C)O3)cc2C1. The first-order valence-corrected chi connectivity index (χ1v) is 7.53. The first-order chi connectivity index (χ1) is 9.99. The van der Waals surface area contributed by atoms with E-state index in [-0.39, 0.29) is 18.3 Å². The molecule has 0 N–H and O–H groups in total. The lowest BCUT2D eigenvalue weighted by molar-refractivity contribution is 0.00578. The van der Waals surface area contributed by atoms with Crippen LogP contribution in [0.15, 0.2) is 6.07 Å². The van der Waals surface area contributed by atoms with Crippen LogP contribution in [-0.2, 0) is 22.3 Å². The van der Waals surface area contributed by atoms with Crippen LogP contribution in [0.3, 0.4) is 0 Å². The zero-order chi connectivity index (χ0) is 16.3. The van der Waals surface area contributed by atoms with E-state index < -0.39 is 6.98 Å². The summed E-state index contributed by atoms with van der Waals surface area (Å²) in [6, 6.07) is 2.06. The van der Waals surface area contributed by atoms with Crippen molar-refractivity contribution in [3.05, 3.63) is 16.5 Å². The molecule has 0 saturated carbocycles. The molecule has 1 aromatic rings. The van der Waals surface area contributed by atoms with E-state index in [1.165, 1.54) is 4.88 Å². The molecule has 2 aliphatic rings. The van der Waals surface area contributed by atoms with Crippen molar-refractivity contribution in [3.63, 3.8) is 0 Å². The first-order valence-electron chi connectivity index (χ1n) is 8.22. The van der Waals surface area contributed by atoms with Gasteiger partial charge in [0.05, 0.1) is 11.2 Å². The van der Waals surface area contributed by atoms with Gasteiger partial charge >= 0.3 is 7.12 Å². The van der Waals surface area contributed by atoms with E-state index in [1.807, 2.05) is 27.7 Å². The van der Waals surface area contributed by atoms with Gasteiger partial charge in [-0.05, 0) is 52.7 Å². The number of hydrogen-bond donors (Lipinski definition) is 0. The molecular weight excluding hydrogens is 257 g/mol. The van der Waals surface area contributed by atoms with Gasteiger partial charge in [0.25, 0.3) is 0 Å². The van der Waals surface area contributed by atoms with E-state index in [0.29, 0.717) is 13.1 Å². The monoisotopic (exact) mass is 282 g/mol. The molecule has 3 heterocycles. The van der Waals surface area contributed by atoms with Crippen LogP contribution >= 0.6 is 11.3 Å². The van der Waals surface area contributed by atoms with Crippen LogP contribution < -0.4 is 4.78 Å². The molecule has 1 aromatic heterocycles. The molecule has 2 aliphatic heterocycles. The summed E-state index contributed by atoms with van der Waals surface area (Å²) >= 11 is 1.69. The maximum absolute atomic E-state index is 7.56. The number of hydrogen-bond acceptors (Lipinski definition) is 4. The summed E-state index contributed by atoms with van der Waals surface area (Å²) in [7, 11) is -0.359. The summed E-state index contributed by atoms with van der Waals surface area (Å²) in [5.41, 5.74) is 0.386. The van der Waals surface area contributed by atoms with Gasteiger partial charge in [0.2, 0.25) is 0 Å². The molecular formula is C14H22BNO2S. The van der Waals surface area contributed by atoms with Crippen LogP contribution in [0.1, 0.15) is 42.2 Å². The Morgan fingerprint density at radius 1 is 1.32 bits per heavy atom. The first kappa shape index (κ1) is 10.4. The highest BCUT2D eigenvalue weighted by atomic mass is 32.1. The van der Waals surface area contributed by atoms with Crippen LogP contribution in [0, 0.1) is 0 Å². The van der Waals surface area contributed by atoms with Gasteiger partial charge in [0, 0.05) is 26.9 Å². The molecule has 0 unspecified atom stereocenters. The van der Waals surface area contributed by atoms with Gasteiger partial charge in [-0.3, -0.25) is 0 Å². The van der Waals surface area contributed by atoms with Gasteiger partial charge in [-0.25, -0.2) is 0 Å². The predicted octanol–water partition coefficient (Wildman–Crippen LogP) is 2.04. The Morgan fingerprint density at radius 2 is 2.00 bits per heavy atom. The fourth-order valence-electron chi connectivity index (χ4n) is 2.43. The zero-order valence-electron chi connectivity index (χ0n) is 14.9. The van der Waals surface area contributed by atoms with Crippen LogP contribution in [0.4, 0.5) is 0 Å². The van der Waals surface area contributed by atoms with Gasteiger partial charge in [-0.15, -0.1) is 11.3 Å². The van der Waals surface area contributed by atoms with Gasteiger partial charge in [0.1, 0.15) is 0 Å². The lowest BCUT2D eigenvalue weighted by Gasteiger charge is -2.32. The third kappa shape index (κ3) is 2.27. The topological polar surface area (TPSA) is 21.7 Å². The van der Waals surface area contributed by atoms with E-state index in [0.717, 1.165) is 16.8 Å². The normalized spacial score (nSPS) is 28.6. The van der Waals surface area contributed by atoms with Crippen LogP contribution in [0.25, 0.3) is 0 Å². The van der Waals surface area contributed by atoms with Crippen molar-refractivity contribution in [1.82, 2.24) is 4.90 Å². The van der Waals surface area contributed by atoms with Crippen LogP contribution in [0.5, 0.6) is 0 Å². The highest BCUT2D eigenvalue weighted by molar-refractivity contribution is 7.22. The van der Waals surface area contributed by atoms with Gasteiger partial charge < -0.3 is 14.2 Å². The average Bonchev–Trinajstić information content (AvgIpc) is 2.86. The average molecular weight is 282 g/mol. The van der Waals surface area contributed by atoms with Crippen LogP contribution in [-0.4, -0.2) is 36.7 Å². The molecule has 0 aromatic carbocycles. The number of thiophene rings is 1. The molecule has 0 bridgehead atoms. The Labute approximate surface area is 124 Å². The summed E-state index contributed by atoms with van der Waals surface area (Å²) in [5.74, 6) is 0. The third-order valence-corrected chi connectivity index (χ3v) is 5.63. The second-order valence-corrected chi connectivity index (χ2v) is 7.53. The van der Waals surface area contributed by atoms with E-state index in [1.54, 1.807) is 16.2 Å². The Balaban J connectivity index is 1.81. The Hall–Kier alpha value is -0.355. The summed E-state index contributed by atoms with van der Waals surface area (Å²) in [4.78, 5) is 2.81. The quantitative estimate of drug-likeness (QED) is 0.736. The molecule has 19 heavy (non-hydrogen) atoms. The molecule has 3 nitrogen and oxygen atoms in total. The van der Waals surface area contributed by atoms with E-state index >= 15 is 0 Å². The largest absolute Gasteiger partial charge is 0.505 e. The molecule has 3 rings (SSSR count). The predicted molar refractivity (Wildman–Crippen MR) is 80.1 cm³/mol.